The highest BCUT2D eigenvalue weighted by Gasteiger charge is 2.37. The molecule has 0 heterocycles. The Bertz CT molecular complexity index is 352. The molecule has 0 bridgehead atoms. The lowest BCUT2D eigenvalue weighted by atomic mass is 9.62. The van der Waals surface area contributed by atoms with Crippen LogP contribution in [-0.2, 0) is 0 Å². The van der Waals surface area contributed by atoms with Gasteiger partial charge in [0.2, 0.25) is 0 Å². The third-order valence-electron chi connectivity index (χ3n) is 6.46. The first-order valence-corrected chi connectivity index (χ1v) is 9.55. The van der Waals surface area contributed by atoms with Crippen LogP contribution in [0.1, 0.15) is 77.6 Å². The standard InChI is InChI=1S/C21H33/c1-17(18-11-5-2-6-12-18)21(19-13-7-3-8-14-19)20-15-9-4-10-16-20/h3,7-8,13,17-18,20-21H,2,4-6,9-12,14-16H2,1H3. The Balaban J connectivity index is 1.73. The summed E-state index contributed by atoms with van der Waals surface area (Å²) in [4.78, 5) is 0. The van der Waals surface area contributed by atoms with Gasteiger partial charge in [-0.15, -0.1) is 0 Å². The summed E-state index contributed by atoms with van der Waals surface area (Å²) in [5, 5.41) is 0. The van der Waals surface area contributed by atoms with Gasteiger partial charge >= 0.3 is 0 Å². The second-order valence-corrected chi connectivity index (χ2v) is 7.75. The summed E-state index contributed by atoms with van der Waals surface area (Å²) in [5.41, 5.74) is 0. The normalized spacial score (nSPS) is 28.6. The molecule has 2 fully saturated rings. The maximum atomic E-state index is 2.59. The van der Waals surface area contributed by atoms with Crippen molar-refractivity contribution in [3.05, 3.63) is 30.2 Å². The van der Waals surface area contributed by atoms with E-state index in [1.165, 1.54) is 70.6 Å². The van der Waals surface area contributed by atoms with Crippen LogP contribution in [0.2, 0.25) is 0 Å². The maximum absolute atomic E-state index is 2.59. The van der Waals surface area contributed by atoms with E-state index in [1.807, 2.05) is 0 Å². The predicted molar refractivity (Wildman–Crippen MR) is 91.9 cm³/mol. The van der Waals surface area contributed by atoms with Crippen molar-refractivity contribution in [2.75, 3.05) is 0 Å². The molecule has 0 aromatic rings. The molecule has 0 aliphatic heterocycles. The molecule has 21 heavy (non-hydrogen) atoms. The van der Waals surface area contributed by atoms with Gasteiger partial charge in [0.05, 0.1) is 0 Å². The molecule has 0 aromatic carbocycles. The van der Waals surface area contributed by atoms with Crippen LogP contribution in [0.25, 0.3) is 0 Å². The molecular formula is C21H33. The van der Waals surface area contributed by atoms with Crippen molar-refractivity contribution in [2.24, 2.45) is 23.7 Å². The van der Waals surface area contributed by atoms with E-state index >= 15 is 0 Å². The molecule has 0 spiro atoms. The fourth-order valence-electron chi connectivity index (χ4n) is 5.29. The highest BCUT2D eigenvalue weighted by atomic mass is 14.4. The van der Waals surface area contributed by atoms with E-state index in [4.69, 9.17) is 0 Å². The van der Waals surface area contributed by atoms with Gasteiger partial charge in [-0.05, 0) is 30.1 Å². The van der Waals surface area contributed by atoms with Gasteiger partial charge in [0, 0.05) is 5.92 Å². The van der Waals surface area contributed by atoms with Crippen molar-refractivity contribution in [1.29, 1.82) is 0 Å². The lowest BCUT2D eigenvalue weighted by Gasteiger charge is -2.42. The average molecular weight is 285 g/mol. The molecule has 1 radical (unpaired) electrons. The summed E-state index contributed by atoms with van der Waals surface area (Å²) < 4.78 is 0. The van der Waals surface area contributed by atoms with E-state index in [-0.39, 0.29) is 0 Å². The highest BCUT2D eigenvalue weighted by Crippen LogP contribution is 2.46. The van der Waals surface area contributed by atoms with E-state index in [0.29, 0.717) is 0 Å². The molecule has 117 valence electrons. The lowest BCUT2D eigenvalue weighted by molar-refractivity contribution is 0.131. The van der Waals surface area contributed by atoms with E-state index in [9.17, 15) is 0 Å². The van der Waals surface area contributed by atoms with Crippen LogP contribution >= 0.6 is 0 Å². The molecule has 0 heteroatoms. The van der Waals surface area contributed by atoms with E-state index in [1.54, 1.807) is 5.92 Å². The summed E-state index contributed by atoms with van der Waals surface area (Å²) >= 11 is 0. The second kappa shape index (κ2) is 7.65. The molecular weight excluding hydrogens is 252 g/mol. The zero-order valence-corrected chi connectivity index (χ0v) is 13.9. The molecule has 0 aromatic heterocycles. The third-order valence-corrected chi connectivity index (χ3v) is 6.46. The Morgan fingerprint density at radius 2 is 1.43 bits per heavy atom. The summed E-state index contributed by atoms with van der Waals surface area (Å²) in [7, 11) is 0. The minimum absolute atomic E-state index is 0.870. The monoisotopic (exact) mass is 285 g/mol. The molecule has 3 aliphatic carbocycles. The number of hydrogen-bond acceptors (Lipinski definition) is 0. The zero-order chi connectivity index (χ0) is 14.5. The fourth-order valence-corrected chi connectivity index (χ4v) is 5.29. The summed E-state index contributed by atoms with van der Waals surface area (Å²) in [5.74, 6) is 5.50. The molecule has 2 atom stereocenters. The lowest BCUT2D eigenvalue weighted by Crippen LogP contribution is -2.34. The molecule has 2 unspecified atom stereocenters. The van der Waals surface area contributed by atoms with Gasteiger partial charge in [-0.1, -0.05) is 95.4 Å². The first-order chi connectivity index (χ1) is 10.4. The Morgan fingerprint density at radius 3 is 2.00 bits per heavy atom. The minimum atomic E-state index is 0.870. The van der Waals surface area contributed by atoms with Crippen molar-refractivity contribution in [1.82, 2.24) is 0 Å². The topological polar surface area (TPSA) is 0 Å². The first kappa shape index (κ1) is 15.4. The third kappa shape index (κ3) is 3.82. The van der Waals surface area contributed by atoms with Gasteiger partial charge in [-0.2, -0.15) is 0 Å². The predicted octanol–water partition coefficient (Wildman–Crippen LogP) is 6.49. The average Bonchev–Trinajstić information content (AvgIpc) is 2.58. The minimum Gasteiger partial charge on any atom is -0.0836 e. The number of allylic oxidation sites excluding steroid dienone is 4. The zero-order valence-electron chi connectivity index (χ0n) is 13.9. The van der Waals surface area contributed by atoms with Crippen LogP contribution in [0.4, 0.5) is 0 Å². The SMILES string of the molecule is CC(C1CCCCC1)C([C]1C=CC=CC1)C1CCCCC1. The van der Waals surface area contributed by atoms with Gasteiger partial charge in [-0.25, -0.2) is 0 Å². The molecule has 2 saturated carbocycles. The second-order valence-electron chi connectivity index (χ2n) is 7.75. The van der Waals surface area contributed by atoms with E-state index < -0.39 is 0 Å². The van der Waals surface area contributed by atoms with Crippen LogP contribution in [0.5, 0.6) is 0 Å². The molecule has 0 amide bonds. The molecule has 3 rings (SSSR count). The molecule has 0 saturated heterocycles. The van der Waals surface area contributed by atoms with E-state index in [0.717, 1.165) is 23.7 Å². The highest BCUT2D eigenvalue weighted by molar-refractivity contribution is 5.26. The van der Waals surface area contributed by atoms with Crippen LogP contribution in [-0.4, -0.2) is 0 Å². The van der Waals surface area contributed by atoms with Crippen molar-refractivity contribution < 1.29 is 0 Å². The molecule has 3 aliphatic rings. The van der Waals surface area contributed by atoms with Gasteiger partial charge in [0.1, 0.15) is 0 Å². The van der Waals surface area contributed by atoms with Gasteiger partial charge in [0.15, 0.2) is 0 Å². The number of rotatable bonds is 4. The van der Waals surface area contributed by atoms with Crippen LogP contribution in [0.3, 0.4) is 0 Å². The number of hydrogen-bond donors (Lipinski definition) is 0. The van der Waals surface area contributed by atoms with Crippen LogP contribution in [0, 0.1) is 29.6 Å². The van der Waals surface area contributed by atoms with Crippen LogP contribution in [0.15, 0.2) is 24.3 Å². The van der Waals surface area contributed by atoms with Crippen molar-refractivity contribution >= 4 is 0 Å². The first-order valence-electron chi connectivity index (χ1n) is 9.55. The Kier molecular flexibility index (Phi) is 5.61. The van der Waals surface area contributed by atoms with Crippen LogP contribution < -0.4 is 0 Å². The Labute approximate surface area is 132 Å². The van der Waals surface area contributed by atoms with Gasteiger partial charge in [0.25, 0.3) is 0 Å². The van der Waals surface area contributed by atoms with Gasteiger partial charge < -0.3 is 0 Å². The molecule has 0 nitrogen and oxygen atoms in total. The summed E-state index contributed by atoms with van der Waals surface area (Å²) in [6, 6.07) is 0. The Hall–Kier alpha value is -0.520. The van der Waals surface area contributed by atoms with Crippen molar-refractivity contribution in [3.63, 3.8) is 0 Å². The van der Waals surface area contributed by atoms with Crippen molar-refractivity contribution in [2.45, 2.75) is 77.6 Å². The van der Waals surface area contributed by atoms with E-state index in [2.05, 4.69) is 31.2 Å². The maximum Gasteiger partial charge on any atom is 0.00497 e. The quantitative estimate of drug-likeness (QED) is 0.554. The Morgan fingerprint density at radius 1 is 0.810 bits per heavy atom. The largest absolute Gasteiger partial charge is 0.0836 e. The fraction of sp³-hybridized carbons (Fsp3) is 0.762. The summed E-state index contributed by atoms with van der Waals surface area (Å²) in [6.45, 7) is 2.59. The molecule has 0 N–H and O–H groups in total. The smallest absolute Gasteiger partial charge is 0.00497 e. The van der Waals surface area contributed by atoms with Crippen molar-refractivity contribution in [3.8, 4) is 0 Å². The summed E-state index contributed by atoms with van der Waals surface area (Å²) in [6.07, 6.45) is 25.4. The van der Waals surface area contributed by atoms with Gasteiger partial charge in [-0.3, -0.25) is 0 Å².